The van der Waals surface area contributed by atoms with E-state index in [-0.39, 0.29) is 5.29 Å². The van der Waals surface area contributed by atoms with E-state index in [2.05, 4.69) is 26.6 Å². The predicted octanol–water partition coefficient (Wildman–Crippen LogP) is 1.32. The van der Waals surface area contributed by atoms with Crippen molar-refractivity contribution in [1.82, 2.24) is 4.90 Å². The monoisotopic (exact) mass is 298 g/mol. The van der Waals surface area contributed by atoms with Crippen molar-refractivity contribution in [3.8, 4) is 0 Å². The second-order valence-corrected chi connectivity index (χ2v) is 4.78. The minimum absolute atomic E-state index is 0.200. The summed E-state index contributed by atoms with van der Waals surface area (Å²) in [6.07, 6.45) is 2.72. The molecule has 0 aromatic rings. The molecule has 0 radical (unpaired) electrons. The summed E-state index contributed by atoms with van der Waals surface area (Å²) in [5.74, 6) is 0.532. The van der Waals surface area contributed by atoms with E-state index in [1.54, 1.807) is 0 Å². The van der Waals surface area contributed by atoms with Crippen molar-refractivity contribution < 1.29 is 9.47 Å². The molecule has 0 aromatic carbocycles. The number of hydrogen-bond acceptors (Lipinski definition) is 4. The SMILES string of the molecule is C=N/C(=N\C(Cl)=N/CN1CCOCC1)C1=CCOCC1. The Balaban J connectivity index is 1.95. The molecular weight excluding hydrogens is 280 g/mol. The van der Waals surface area contributed by atoms with Crippen LogP contribution in [0, 0.1) is 0 Å². The van der Waals surface area contributed by atoms with Gasteiger partial charge in [-0.2, -0.15) is 4.99 Å². The minimum Gasteiger partial charge on any atom is -0.379 e. The highest BCUT2D eigenvalue weighted by molar-refractivity contribution is 6.65. The molecule has 110 valence electrons. The average Bonchev–Trinajstić information content (AvgIpc) is 2.52. The lowest BCUT2D eigenvalue weighted by atomic mass is 10.1. The Morgan fingerprint density at radius 2 is 2.10 bits per heavy atom. The Labute approximate surface area is 123 Å². The number of halogens is 1. The van der Waals surface area contributed by atoms with Gasteiger partial charge in [0.2, 0.25) is 5.29 Å². The lowest BCUT2D eigenvalue weighted by molar-refractivity contribution is 0.0394. The lowest BCUT2D eigenvalue weighted by Gasteiger charge is -2.24. The standard InChI is InChI=1S/C13H19ClN4O2/c1-15-12(11-2-6-19-7-3-11)17-13(14)16-10-18-4-8-20-9-5-18/h2H,1,3-10H2/b16-13-,17-12-. The molecule has 2 aliphatic rings. The minimum atomic E-state index is 0.200. The third-order valence-corrected chi connectivity index (χ3v) is 3.31. The van der Waals surface area contributed by atoms with Crippen LogP contribution in [0.5, 0.6) is 0 Å². The van der Waals surface area contributed by atoms with Gasteiger partial charge in [-0.1, -0.05) is 6.08 Å². The van der Waals surface area contributed by atoms with Crippen molar-refractivity contribution >= 4 is 29.4 Å². The molecule has 0 spiro atoms. The zero-order valence-corrected chi connectivity index (χ0v) is 12.2. The van der Waals surface area contributed by atoms with E-state index in [0.29, 0.717) is 25.7 Å². The topological polar surface area (TPSA) is 58.8 Å². The summed E-state index contributed by atoms with van der Waals surface area (Å²) < 4.78 is 10.5. The zero-order chi connectivity index (χ0) is 14.2. The van der Waals surface area contributed by atoms with Gasteiger partial charge in [0.05, 0.1) is 33.1 Å². The molecule has 2 heterocycles. The molecule has 0 atom stereocenters. The highest BCUT2D eigenvalue weighted by atomic mass is 35.5. The Morgan fingerprint density at radius 1 is 1.30 bits per heavy atom. The number of rotatable bonds is 3. The van der Waals surface area contributed by atoms with Gasteiger partial charge in [-0.25, -0.2) is 9.98 Å². The molecule has 20 heavy (non-hydrogen) atoms. The molecule has 7 heteroatoms. The number of ether oxygens (including phenoxy) is 2. The van der Waals surface area contributed by atoms with E-state index in [9.17, 15) is 0 Å². The number of hydrogen-bond donors (Lipinski definition) is 0. The van der Waals surface area contributed by atoms with Gasteiger partial charge in [0.1, 0.15) is 0 Å². The largest absolute Gasteiger partial charge is 0.379 e. The van der Waals surface area contributed by atoms with Crippen LogP contribution in [-0.4, -0.2) is 68.9 Å². The fourth-order valence-electron chi connectivity index (χ4n) is 1.96. The first kappa shape index (κ1) is 15.3. The predicted molar refractivity (Wildman–Crippen MR) is 81.1 cm³/mol. The average molecular weight is 299 g/mol. The van der Waals surface area contributed by atoms with Crippen molar-refractivity contribution in [2.24, 2.45) is 15.0 Å². The maximum Gasteiger partial charge on any atom is 0.221 e. The lowest BCUT2D eigenvalue weighted by Crippen LogP contribution is -2.36. The molecule has 2 aliphatic heterocycles. The number of amidine groups is 2. The molecule has 0 aliphatic carbocycles. The van der Waals surface area contributed by atoms with Gasteiger partial charge in [-0.3, -0.25) is 4.90 Å². The van der Waals surface area contributed by atoms with Crippen LogP contribution in [0.2, 0.25) is 0 Å². The summed E-state index contributed by atoms with van der Waals surface area (Å²) >= 11 is 6.05. The van der Waals surface area contributed by atoms with Gasteiger partial charge in [0, 0.05) is 13.1 Å². The van der Waals surface area contributed by atoms with Crippen molar-refractivity contribution in [2.75, 3.05) is 46.2 Å². The van der Waals surface area contributed by atoms with E-state index < -0.39 is 0 Å². The fraction of sp³-hybridized carbons (Fsp3) is 0.615. The molecular formula is C13H19ClN4O2. The highest BCUT2D eigenvalue weighted by Crippen LogP contribution is 2.11. The molecule has 0 aromatic heterocycles. The van der Waals surface area contributed by atoms with Crippen molar-refractivity contribution in [2.45, 2.75) is 6.42 Å². The normalized spacial score (nSPS) is 22.6. The van der Waals surface area contributed by atoms with Gasteiger partial charge in [0.15, 0.2) is 5.84 Å². The van der Waals surface area contributed by atoms with E-state index in [1.165, 1.54) is 0 Å². The van der Waals surface area contributed by atoms with Crippen molar-refractivity contribution in [3.63, 3.8) is 0 Å². The number of nitrogens with zero attached hydrogens (tertiary/aromatic N) is 4. The third-order valence-electron chi connectivity index (χ3n) is 3.10. The second-order valence-electron chi connectivity index (χ2n) is 4.45. The maximum atomic E-state index is 6.05. The first-order chi connectivity index (χ1) is 9.79. The van der Waals surface area contributed by atoms with Gasteiger partial charge >= 0.3 is 0 Å². The summed E-state index contributed by atoms with van der Waals surface area (Å²) in [6, 6.07) is 0. The van der Waals surface area contributed by atoms with Crippen LogP contribution in [0.3, 0.4) is 0 Å². The fourth-order valence-corrected chi connectivity index (χ4v) is 2.10. The van der Waals surface area contributed by atoms with Crippen LogP contribution < -0.4 is 0 Å². The van der Waals surface area contributed by atoms with Gasteiger partial charge < -0.3 is 9.47 Å². The first-order valence-electron chi connectivity index (χ1n) is 6.62. The van der Waals surface area contributed by atoms with Crippen LogP contribution in [0.15, 0.2) is 26.6 Å². The van der Waals surface area contributed by atoms with Crippen LogP contribution in [0.1, 0.15) is 6.42 Å². The molecule has 0 amide bonds. The summed E-state index contributed by atoms with van der Waals surface area (Å²) in [4.78, 5) is 14.6. The van der Waals surface area contributed by atoms with Crippen LogP contribution >= 0.6 is 11.6 Å². The highest BCUT2D eigenvalue weighted by Gasteiger charge is 2.11. The molecule has 6 nitrogen and oxygen atoms in total. The Morgan fingerprint density at radius 3 is 2.75 bits per heavy atom. The number of aliphatic imine (C=N–C) groups is 3. The van der Waals surface area contributed by atoms with E-state index in [0.717, 1.165) is 38.3 Å². The van der Waals surface area contributed by atoms with Crippen LogP contribution in [0.25, 0.3) is 0 Å². The van der Waals surface area contributed by atoms with Crippen LogP contribution in [0.4, 0.5) is 0 Å². The molecule has 0 N–H and O–H groups in total. The molecule has 1 saturated heterocycles. The van der Waals surface area contributed by atoms with Gasteiger partial charge in [-0.05, 0) is 30.3 Å². The van der Waals surface area contributed by atoms with Gasteiger partial charge in [0.25, 0.3) is 0 Å². The van der Waals surface area contributed by atoms with E-state index >= 15 is 0 Å². The summed E-state index contributed by atoms with van der Waals surface area (Å²) in [5, 5.41) is 0.200. The summed E-state index contributed by atoms with van der Waals surface area (Å²) in [7, 11) is 0. The third kappa shape index (κ3) is 4.79. The molecule has 0 bridgehead atoms. The summed E-state index contributed by atoms with van der Waals surface area (Å²) in [5.41, 5.74) is 1.01. The Kier molecular flexibility index (Phi) is 6.32. The zero-order valence-electron chi connectivity index (χ0n) is 11.4. The summed E-state index contributed by atoms with van der Waals surface area (Å²) in [6.45, 7) is 8.52. The van der Waals surface area contributed by atoms with Crippen molar-refractivity contribution in [1.29, 1.82) is 0 Å². The van der Waals surface area contributed by atoms with E-state index in [1.807, 2.05) is 6.08 Å². The Hall–Kier alpha value is -1.08. The second kappa shape index (κ2) is 8.26. The Bertz CT molecular complexity index is 428. The van der Waals surface area contributed by atoms with Gasteiger partial charge in [-0.15, -0.1) is 0 Å². The molecule has 0 saturated carbocycles. The molecule has 0 unspecified atom stereocenters. The van der Waals surface area contributed by atoms with Crippen molar-refractivity contribution in [3.05, 3.63) is 11.6 Å². The van der Waals surface area contributed by atoms with E-state index in [4.69, 9.17) is 21.1 Å². The first-order valence-corrected chi connectivity index (χ1v) is 7.00. The maximum absolute atomic E-state index is 6.05. The smallest absolute Gasteiger partial charge is 0.221 e. The van der Waals surface area contributed by atoms with Crippen LogP contribution in [-0.2, 0) is 9.47 Å². The molecule has 2 rings (SSSR count). The quantitative estimate of drug-likeness (QED) is 0.448. The molecule has 1 fully saturated rings. The number of morpholine rings is 1.